The van der Waals surface area contributed by atoms with Crippen molar-refractivity contribution in [1.29, 1.82) is 0 Å². The van der Waals surface area contributed by atoms with E-state index in [1.165, 1.54) is 30.5 Å². The van der Waals surface area contributed by atoms with Gasteiger partial charge in [0.25, 0.3) is 5.91 Å². The van der Waals surface area contributed by atoms with Gasteiger partial charge < -0.3 is 19.4 Å². The third-order valence-corrected chi connectivity index (χ3v) is 8.25. The van der Waals surface area contributed by atoms with Crippen LogP contribution in [-0.2, 0) is 13.6 Å². The van der Waals surface area contributed by atoms with Crippen LogP contribution in [0.25, 0.3) is 33.8 Å². The van der Waals surface area contributed by atoms with Crippen molar-refractivity contribution >= 4 is 16.9 Å². The molecule has 0 unspecified atom stereocenters. The minimum absolute atomic E-state index is 0.129. The zero-order valence-corrected chi connectivity index (χ0v) is 22.0. The molecule has 1 aliphatic carbocycles. The van der Waals surface area contributed by atoms with E-state index in [4.69, 9.17) is 4.98 Å². The van der Waals surface area contributed by atoms with Gasteiger partial charge in [0.2, 0.25) is 0 Å². The van der Waals surface area contributed by atoms with E-state index in [0.717, 1.165) is 73.1 Å². The Morgan fingerprint density at radius 1 is 0.946 bits per heavy atom. The number of amides is 1. The van der Waals surface area contributed by atoms with Gasteiger partial charge in [-0.15, -0.1) is 0 Å². The largest absolute Gasteiger partial charge is 0.339 e. The lowest BCUT2D eigenvalue weighted by Crippen LogP contribution is -2.38. The normalized spacial score (nSPS) is 16.5. The maximum absolute atomic E-state index is 13.3. The predicted molar refractivity (Wildman–Crippen MR) is 149 cm³/mol. The maximum Gasteiger partial charge on any atom is 0.253 e. The van der Waals surface area contributed by atoms with Crippen LogP contribution in [0.4, 0.5) is 0 Å². The third-order valence-electron chi connectivity index (χ3n) is 8.25. The summed E-state index contributed by atoms with van der Waals surface area (Å²) in [7, 11) is 4.09. The van der Waals surface area contributed by atoms with Crippen molar-refractivity contribution in [1.82, 2.24) is 24.3 Å². The van der Waals surface area contributed by atoms with E-state index in [-0.39, 0.29) is 5.91 Å². The molecule has 1 amide bonds. The number of hydrogen-bond acceptors (Lipinski definition) is 3. The molecule has 192 valence electrons. The molecule has 0 spiro atoms. The number of rotatable bonds is 8. The average Bonchev–Trinajstić information content (AvgIpc) is 3.58. The Kier molecular flexibility index (Phi) is 6.59. The van der Waals surface area contributed by atoms with Crippen LogP contribution in [0, 0.1) is 11.8 Å². The first kappa shape index (κ1) is 24.0. The van der Waals surface area contributed by atoms with Crippen molar-refractivity contribution in [2.75, 3.05) is 26.7 Å². The smallest absolute Gasteiger partial charge is 0.253 e. The first-order valence-electron chi connectivity index (χ1n) is 13.8. The molecule has 0 radical (unpaired) electrons. The molecular formula is C31H37N5O. The summed E-state index contributed by atoms with van der Waals surface area (Å²) in [5.74, 6) is 2.54. The van der Waals surface area contributed by atoms with Gasteiger partial charge in [0.15, 0.2) is 5.82 Å². The number of imidazole rings is 1. The van der Waals surface area contributed by atoms with Crippen LogP contribution in [0.1, 0.15) is 42.5 Å². The Labute approximate surface area is 219 Å². The number of aryl methyl sites for hydroxylation is 1. The summed E-state index contributed by atoms with van der Waals surface area (Å²) in [5.41, 5.74) is 6.29. The van der Waals surface area contributed by atoms with Crippen LogP contribution in [0.5, 0.6) is 0 Å². The first-order valence-corrected chi connectivity index (χ1v) is 13.8. The highest BCUT2D eigenvalue weighted by atomic mass is 16.2. The Morgan fingerprint density at radius 3 is 2.43 bits per heavy atom. The number of carbonyl (C=O) groups excluding carboxylic acids is 1. The summed E-state index contributed by atoms with van der Waals surface area (Å²) in [4.78, 5) is 20.4. The quantitative estimate of drug-likeness (QED) is 0.347. The number of fused-ring (bicyclic) bond motifs is 1. The van der Waals surface area contributed by atoms with Gasteiger partial charge in [-0.2, -0.15) is 0 Å². The van der Waals surface area contributed by atoms with Crippen LogP contribution < -0.4 is 5.32 Å². The first-order chi connectivity index (χ1) is 18.1. The number of aromatic nitrogens is 3. The van der Waals surface area contributed by atoms with Crippen LogP contribution in [0.3, 0.4) is 0 Å². The maximum atomic E-state index is 13.3. The third kappa shape index (κ3) is 4.82. The molecule has 3 heterocycles. The highest BCUT2D eigenvalue weighted by Gasteiger charge is 2.27. The van der Waals surface area contributed by atoms with Crippen LogP contribution in [-0.4, -0.2) is 51.6 Å². The summed E-state index contributed by atoms with van der Waals surface area (Å²) in [6.45, 7) is 3.75. The van der Waals surface area contributed by atoms with Crippen molar-refractivity contribution in [2.45, 2.75) is 38.6 Å². The number of likely N-dealkylation sites (tertiary alicyclic amines) is 1. The van der Waals surface area contributed by atoms with Crippen LogP contribution in [0.15, 0.2) is 60.7 Å². The fourth-order valence-electron chi connectivity index (χ4n) is 5.80. The van der Waals surface area contributed by atoms with E-state index in [1.807, 2.05) is 24.1 Å². The second-order valence-electron chi connectivity index (χ2n) is 10.8. The van der Waals surface area contributed by atoms with Gasteiger partial charge in [-0.1, -0.05) is 30.3 Å². The highest BCUT2D eigenvalue weighted by Crippen LogP contribution is 2.37. The second kappa shape index (κ2) is 10.2. The average molecular weight is 496 g/mol. The van der Waals surface area contributed by atoms with E-state index >= 15 is 0 Å². The number of piperidine rings is 1. The Hall–Kier alpha value is -3.38. The molecule has 1 N–H and O–H groups in total. The zero-order valence-electron chi connectivity index (χ0n) is 22.0. The van der Waals surface area contributed by atoms with E-state index in [1.54, 1.807) is 0 Å². The molecule has 0 atom stereocenters. The van der Waals surface area contributed by atoms with Gasteiger partial charge in [-0.25, -0.2) is 4.98 Å². The molecule has 2 aliphatic rings. The molecule has 37 heavy (non-hydrogen) atoms. The standard InChI is InChI=1S/C31H37N5O/c1-32-17-14-22-15-18-35(19-16-22)31(37)25-10-11-28-26(20-25)33-30(34(28)2)29-13-12-27(24-6-4-3-5-7-24)36(29)21-23-8-9-23/h3-7,10-13,20,22-23,32H,8-9,14-19,21H2,1-2H3. The second-order valence-corrected chi connectivity index (χ2v) is 10.8. The Balaban J connectivity index is 1.28. The molecular weight excluding hydrogens is 458 g/mol. The topological polar surface area (TPSA) is 55.1 Å². The minimum atomic E-state index is 0.129. The van der Waals surface area contributed by atoms with Crippen molar-refractivity contribution in [3.63, 3.8) is 0 Å². The molecule has 2 aromatic heterocycles. The van der Waals surface area contributed by atoms with Crippen molar-refractivity contribution < 1.29 is 4.79 Å². The lowest BCUT2D eigenvalue weighted by molar-refractivity contribution is 0.0687. The Bertz CT molecular complexity index is 1390. The summed E-state index contributed by atoms with van der Waals surface area (Å²) in [6, 6.07) is 21.1. The van der Waals surface area contributed by atoms with E-state index in [0.29, 0.717) is 5.92 Å². The number of hydrogen-bond donors (Lipinski definition) is 1. The van der Waals surface area contributed by atoms with Gasteiger partial charge in [-0.3, -0.25) is 4.79 Å². The molecule has 6 rings (SSSR count). The number of carbonyl (C=O) groups is 1. The summed E-state index contributed by atoms with van der Waals surface area (Å²) in [5, 5.41) is 3.24. The molecule has 1 saturated heterocycles. The van der Waals surface area contributed by atoms with E-state index in [9.17, 15) is 4.79 Å². The molecule has 2 aromatic carbocycles. The van der Waals surface area contributed by atoms with Crippen LogP contribution >= 0.6 is 0 Å². The molecule has 2 fully saturated rings. The Morgan fingerprint density at radius 2 is 1.70 bits per heavy atom. The molecule has 6 nitrogen and oxygen atoms in total. The summed E-state index contributed by atoms with van der Waals surface area (Å²) in [6.07, 6.45) is 5.96. The summed E-state index contributed by atoms with van der Waals surface area (Å²) >= 11 is 0. The van der Waals surface area contributed by atoms with Crippen molar-refractivity contribution in [2.24, 2.45) is 18.9 Å². The van der Waals surface area contributed by atoms with E-state index < -0.39 is 0 Å². The summed E-state index contributed by atoms with van der Waals surface area (Å²) < 4.78 is 4.61. The molecule has 4 aromatic rings. The fourth-order valence-corrected chi connectivity index (χ4v) is 5.80. The van der Waals surface area contributed by atoms with Gasteiger partial charge >= 0.3 is 0 Å². The van der Waals surface area contributed by atoms with Crippen molar-refractivity contribution in [3.8, 4) is 22.8 Å². The lowest BCUT2D eigenvalue weighted by Gasteiger charge is -2.32. The number of benzene rings is 2. The molecule has 6 heteroatoms. The lowest BCUT2D eigenvalue weighted by atomic mass is 9.93. The zero-order chi connectivity index (χ0) is 25.4. The SMILES string of the molecule is CNCCC1CCN(C(=O)c2ccc3c(c2)nc(-c2ccc(-c4ccccc4)n2CC2CC2)n3C)CC1. The van der Waals surface area contributed by atoms with Crippen LogP contribution in [0.2, 0.25) is 0 Å². The highest BCUT2D eigenvalue weighted by molar-refractivity contribution is 5.98. The fraction of sp³-hybridized carbons (Fsp3) is 0.419. The van der Waals surface area contributed by atoms with Gasteiger partial charge in [0, 0.05) is 37.9 Å². The number of nitrogens with one attached hydrogen (secondary N) is 1. The minimum Gasteiger partial charge on any atom is -0.339 e. The molecule has 1 aliphatic heterocycles. The van der Waals surface area contributed by atoms with E-state index in [2.05, 4.69) is 70.0 Å². The molecule has 1 saturated carbocycles. The van der Waals surface area contributed by atoms with Gasteiger partial charge in [0.1, 0.15) is 0 Å². The van der Waals surface area contributed by atoms with Gasteiger partial charge in [0.05, 0.1) is 16.7 Å². The molecule has 0 bridgehead atoms. The number of nitrogens with zero attached hydrogens (tertiary/aromatic N) is 4. The monoisotopic (exact) mass is 495 g/mol. The predicted octanol–water partition coefficient (Wildman–Crippen LogP) is 5.58. The van der Waals surface area contributed by atoms with Gasteiger partial charge in [-0.05, 0) is 93.4 Å². The van der Waals surface area contributed by atoms with Crippen molar-refractivity contribution in [3.05, 3.63) is 66.2 Å².